The first-order chi connectivity index (χ1) is 13.7. The van der Waals surface area contributed by atoms with E-state index in [0.717, 1.165) is 12.8 Å². The van der Waals surface area contributed by atoms with Crippen molar-refractivity contribution >= 4 is 23.4 Å². The Morgan fingerprint density at radius 2 is 1.66 bits per heavy atom. The number of rotatable bonds is 3. The van der Waals surface area contributed by atoms with Gasteiger partial charge in [0, 0.05) is 67.7 Å². The van der Waals surface area contributed by atoms with Crippen molar-refractivity contribution in [3.63, 3.8) is 0 Å². The van der Waals surface area contributed by atoms with Gasteiger partial charge in [-0.2, -0.15) is 0 Å². The summed E-state index contributed by atoms with van der Waals surface area (Å²) in [5.74, 6) is 0.0550. The Morgan fingerprint density at radius 3 is 2.21 bits per heavy atom. The van der Waals surface area contributed by atoms with E-state index in [0.29, 0.717) is 56.4 Å². The lowest BCUT2D eigenvalue weighted by Gasteiger charge is -2.39. The van der Waals surface area contributed by atoms with Crippen LogP contribution in [0.15, 0.2) is 18.2 Å². The second kappa shape index (κ2) is 9.00. The fourth-order valence-corrected chi connectivity index (χ4v) is 4.32. The van der Waals surface area contributed by atoms with Gasteiger partial charge in [-0.25, -0.2) is 4.39 Å². The molecule has 0 radical (unpaired) electrons. The molecule has 2 amide bonds. The molecule has 2 aliphatic rings. The minimum absolute atomic E-state index is 0.00780. The van der Waals surface area contributed by atoms with Crippen LogP contribution in [0.2, 0.25) is 5.02 Å². The molecule has 3 rings (SSSR count). The smallest absolute Gasteiger partial charge is 0.227 e. The molecule has 1 aromatic rings. The van der Waals surface area contributed by atoms with Gasteiger partial charge in [-0.3, -0.25) is 14.5 Å². The van der Waals surface area contributed by atoms with E-state index in [1.54, 1.807) is 12.1 Å². The molecule has 0 saturated carbocycles. The first-order valence-corrected chi connectivity index (χ1v) is 10.8. The Balaban J connectivity index is 1.48. The SMILES string of the molecule is CC(C)(C)C(=O)N1CCC(C(=O)N2CCN(Cc3c(F)cccc3Cl)CC2)CC1. The van der Waals surface area contributed by atoms with Crippen LogP contribution >= 0.6 is 11.6 Å². The number of piperazine rings is 1. The number of hydrogen-bond donors (Lipinski definition) is 0. The van der Waals surface area contributed by atoms with Gasteiger partial charge in [-0.05, 0) is 25.0 Å². The third kappa shape index (κ3) is 5.28. The highest BCUT2D eigenvalue weighted by Crippen LogP contribution is 2.26. The molecule has 0 N–H and O–H groups in total. The van der Waals surface area contributed by atoms with E-state index in [1.165, 1.54) is 6.07 Å². The number of nitrogens with zero attached hydrogens (tertiary/aromatic N) is 3. The van der Waals surface area contributed by atoms with Gasteiger partial charge in [-0.15, -0.1) is 0 Å². The predicted octanol–water partition coefficient (Wildman–Crippen LogP) is 3.41. The molecule has 2 aliphatic heterocycles. The van der Waals surface area contributed by atoms with Gasteiger partial charge in [0.15, 0.2) is 0 Å². The molecule has 160 valence electrons. The van der Waals surface area contributed by atoms with Gasteiger partial charge in [0.1, 0.15) is 5.82 Å². The standard InChI is InChI=1S/C22H31ClFN3O2/c1-22(2,3)21(29)27-9-7-16(8-10-27)20(28)26-13-11-25(12-14-26)15-17-18(23)5-4-6-19(17)24/h4-6,16H,7-15H2,1-3H3. The largest absolute Gasteiger partial charge is 0.342 e. The quantitative estimate of drug-likeness (QED) is 0.748. The van der Waals surface area contributed by atoms with Gasteiger partial charge in [-0.1, -0.05) is 38.4 Å². The zero-order valence-corrected chi connectivity index (χ0v) is 18.3. The summed E-state index contributed by atoms with van der Waals surface area (Å²) in [5, 5.41) is 0.445. The van der Waals surface area contributed by atoms with E-state index >= 15 is 0 Å². The minimum atomic E-state index is -0.381. The Kier molecular flexibility index (Phi) is 6.84. The van der Waals surface area contributed by atoms with E-state index in [4.69, 9.17) is 11.6 Å². The molecule has 7 heteroatoms. The van der Waals surface area contributed by atoms with Crippen molar-refractivity contribution in [2.45, 2.75) is 40.2 Å². The molecular weight excluding hydrogens is 393 g/mol. The average Bonchev–Trinajstić information content (AvgIpc) is 2.70. The average molecular weight is 424 g/mol. The van der Waals surface area contributed by atoms with Gasteiger partial charge in [0.05, 0.1) is 0 Å². The number of likely N-dealkylation sites (tertiary alicyclic amines) is 1. The van der Waals surface area contributed by atoms with E-state index in [-0.39, 0.29) is 29.0 Å². The second-order valence-corrected chi connectivity index (χ2v) is 9.53. The summed E-state index contributed by atoms with van der Waals surface area (Å²) in [6, 6.07) is 4.74. The molecule has 0 aromatic heterocycles. The maximum absolute atomic E-state index is 14.0. The van der Waals surface area contributed by atoms with Crippen LogP contribution in [-0.4, -0.2) is 65.8 Å². The fourth-order valence-electron chi connectivity index (χ4n) is 4.10. The van der Waals surface area contributed by atoms with Crippen LogP contribution in [0, 0.1) is 17.2 Å². The molecule has 2 heterocycles. The van der Waals surface area contributed by atoms with Crippen molar-refractivity contribution in [2.24, 2.45) is 11.3 Å². The Labute approximate surface area is 177 Å². The van der Waals surface area contributed by atoms with Gasteiger partial charge < -0.3 is 9.80 Å². The Hall–Kier alpha value is -1.66. The summed E-state index contributed by atoms with van der Waals surface area (Å²) in [7, 11) is 0. The third-order valence-corrected chi connectivity index (χ3v) is 6.25. The summed E-state index contributed by atoms with van der Waals surface area (Å²) in [4.78, 5) is 31.3. The summed E-state index contributed by atoms with van der Waals surface area (Å²) >= 11 is 6.13. The monoisotopic (exact) mass is 423 g/mol. The summed E-state index contributed by atoms with van der Waals surface area (Å²) in [6.07, 6.45) is 1.46. The lowest BCUT2D eigenvalue weighted by atomic mass is 9.90. The Morgan fingerprint density at radius 1 is 1.03 bits per heavy atom. The molecule has 1 aromatic carbocycles. The highest BCUT2D eigenvalue weighted by Gasteiger charge is 2.34. The lowest BCUT2D eigenvalue weighted by Crippen LogP contribution is -2.52. The van der Waals surface area contributed by atoms with Crippen LogP contribution in [0.25, 0.3) is 0 Å². The summed E-state index contributed by atoms with van der Waals surface area (Å²) in [5.41, 5.74) is 0.138. The number of benzene rings is 1. The number of piperidine rings is 1. The predicted molar refractivity (Wildman–Crippen MR) is 112 cm³/mol. The van der Waals surface area contributed by atoms with E-state index in [2.05, 4.69) is 4.90 Å². The molecule has 0 atom stereocenters. The minimum Gasteiger partial charge on any atom is -0.342 e. The lowest BCUT2D eigenvalue weighted by molar-refractivity contribution is -0.145. The number of carbonyl (C=O) groups is 2. The number of halogens is 2. The van der Waals surface area contributed by atoms with E-state index in [9.17, 15) is 14.0 Å². The fraction of sp³-hybridized carbons (Fsp3) is 0.636. The molecule has 0 spiro atoms. The highest BCUT2D eigenvalue weighted by molar-refractivity contribution is 6.31. The number of amides is 2. The van der Waals surface area contributed by atoms with Crippen LogP contribution in [-0.2, 0) is 16.1 Å². The molecule has 2 fully saturated rings. The van der Waals surface area contributed by atoms with E-state index in [1.807, 2.05) is 30.6 Å². The van der Waals surface area contributed by atoms with Crippen molar-refractivity contribution < 1.29 is 14.0 Å². The Bertz CT molecular complexity index is 729. The number of hydrogen-bond acceptors (Lipinski definition) is 3. The normalized spacial score (nSPS) is 19.5. The van der Waals surface area contributed by atoms with Crippen LogP contribution in [0.4, 0.5) is 4.39 Å². The zero-order chi connectivity index (χ0) is 21.2. The molecule has 2 saturated heterocycles. The molecular formula is C22H31ClFN3O2. The van der Waals surface area contributed by atoms with Crippen molar-refractivity contribution in [3.05, 3.63) is 34.6 Å². The molecule has 29 heavy (non-hydrogen) atoms. The van der Waals surface area contributed by atoms with Crippen molar-refractivity contribution in [1.29, 1.82) is 0 Å². The van der Waals surface area contributed by atoms with Gasteiger partial charge in [0.25, 0.3) is 0 Å². The van der Waals surface area contributed by atoms with Gasteiger partial charge >= 0.3 is 0 Å². The first-order valence-electron chi connectivity index (χ1n) is 10.4. The van der Waals surface area contributed by atoms with Crippen molar-refractivity contribution in [2.75, 3.05) is 39.3 Å². The molecule has 0 bridgehead atoms. The van der Waals surface area contributed by atoms with Crippen LogP contribution in [0.1, 0.15) is 39.2 Å². The summed E-state index contributed by atoms with van der Waals surface area (Å²) in [6.45, 7) is 10.3. The van der Waals surface area contributed by atoms with Crippen LogP contribution in [0.5, 0.6) is 0 Å². The molecule has 0 unspecified atom stereocenters. The maximum atomic E-state index is 14.0. The molecule has 5 nitrogen and oxygen atoms in total. The van der Waals surface area contributed by atoms with Crippen LogP contribution in [0.3, 0.4) is 0 Å². The maximum Gasteiger partial charge on any atom is 0.227 e. The molecule has 0 aliphatic carbocycles. The topological polar surface area (TPSA) is 43.9 Å². The zero-order valence-electron chi connectivity index (χ0n) is 17.6. The third-order valence-electron chi connectivity index (χ3n) is 5.90. The summed E-state index contributed by atoms with van der Waals surface area (Å²) < 4.78 is 14.0. The van der Waals surface area contributed by atoms with Crippen molar-refractivity contribution in [1.82, 2.24) is 14.7 Å². The highest BCUT2D eigenvalue weighted by atomic mass is 35.5. The van der Waals surface area contributed by atoms with Crippen molar-refractivity contribution in [3.8, 4) is 0 Å². The second-order valence-electron chi connectivity index (χ2n) is 9.12. The van der Waals surface area contributed by atoms with Gasteiger partial charge in [0.2, 0.25) is 11.8 Å². The van der Waals surface area contributed by atoms with Crippen LogP contribution < -0.4 is 0 Å². The van der Waals surface area contributed by atoms with E-state index < -0.39 is 0 Å². The number of carbonyl (C=O) groups excluding carboxylic acids is 2. The first kappa shape index (κ1) is 22.0.